The number of benzene rings is 1. The minimum atomic E-state index is -0.905. The molecule has 1 aromatic carbocycles. The molecule has 4 rings (SSSR count). The van der Waals surface area contributed by atoms with Crippen LogP contribution in [0.25, 0.3) is 10.9 Å². The molecule has 3 atom stereocenters. The lowest BCUT2D eigenvalue weighted by atomic mass is 9.80. The molecule has 0 unspecified atom stereocenters. The van der Waals surface area contributed by atoms with E-state index in [1.54, 1.807) is 19.2 Å². The van der Waals surface area contributed by atoms with Gasteiger partial charge in [-0.1, -0.05) is 19.9 Å². The average Bonchev–Trinajstić information content (AvgIpc) is 3.44. The number of ether oxygens (including phenoxy) is 2. The van der Waals surface area contributed by atoms with Crippen LogP contribution in [0.5, 0.6) is 5.75 Å². The Morgan fingerprint density at radius 3 is 2.69 bits per heavy atom. The second-order valence-electron chi connectivity index (χ2n) is 10.0. The third-order valence-electron chi connectivity index (χ3n) is 6.85. The highest BCUT2D eigenvalue weighted by Gasteiger charge is 2.45. The number of amides is 3. The summed E-state index contributed by atoms with van der Waals surface area (Å²) >= 11 is 0. The van der Waals surface area contributed by atoms with Crippen LogP contribution >= 0.6 is 0 Å². The number of esters is 1. The molecule has 0 spiro atoms. The molecule has 35 heavy (non-hydrogen) atoms. The maximum Gasteiger partial charge on any atom is 0.328 e. The van der Waals surface area contributed by atoms with Gasteiger partial charge >= 0.3 is 5.97 Å². The van der Waals surface area contributed by atoms with E-state index in [9.17, 15) is 19.2 Å². The van der Waals surface area contributed by atoms with Gasteiger partial charge in [0.15, 0.2) is 0 Å². The highest BCUT2D eigenvalue weighted by molar-refractivity contribution is 6.02. The summed E-state index contributed by atoms with van der Waals surface area (Å²) in [6.07, 6.45) is 1.19. The van der Waals surface area contributed by atoms with Gasteiger partial charge in [0.25, 0.3) is 5.91 Å². The molecule has 2 aliphatic rings. The van der Waals surface area contributed by atoms with Crippen LogP contribution < -0.4 is 15.4 Å². The van der Waals surface area contributed by atoms with E-state index in [1.807, 2.05) is 26.0 Å². The average molecular weight is 485 g/mol. The Labute approximate surface area is 203 Å². The third kappa shape index (κ3) is 4.96. The fourth-order valence-corrected chi connectivity index (χ4v) is 5.11. The van der Waals surface area contributed by atoms with E-state index < -0.39 is 24.0 Å². The molecule has 2 aromatic rings. The molecular weight excluding hydrogens is 452 g/mol. The number of rotatable bonds is 7. The first kappa shape index (κ1) is 24.6. The molecule has 3 N–H and O–H groups in total. The molecule has 10 heteroatoms. The van der Waals surface area contributed by atoms with E-state index >= 15 is 0 Å². The number of H-pyrrole nitrogens is 1. The SMILES string of the molecule is COC(=O)[C@H](C[C@@H]1CCNC1=O)N1CC(C)(C)C[C@H](NC(=O)c2cc3c(OC)cccc3[nH]2)C1=O. The van der Waals surface area contributed by atoms with Gasteiger partial charge in [-0.25, -0.2) is 4.79 Å². The number of aromatic amines is 1. The summed E-state index contributed by atoms with van der Waals surface area (Å²) in [4.78, 5) is 56.1. The Morgan fingerprint density at radius 2 is 2.03 bits per heavy atom. The number of hydrogen-bond donors (Lipinski definition) is 3. The van der Waals surface area contributed by atoms with Crippen molar-refractivity contribution < 1.29 is 28.7 Å². The first-order valence-corrected chi connectivity index (χ1v) is 11.8. The van der Waals surface area contributed by atoms with Crippen molar-refractivity contribution in [2.75, 3.05) is 27.3 Å². The standard InChI is InChI=1S/C25H32N4O6/c1-25(2)12-18(28-22(31)17-11-15-16(27-17)6-5-7-20(15)34-3)23(32)29(13-25)19(24(33)35-4)10-14-8-9-26-21(14)30/h5-7,11,14,18-19,27H,8-10,12-13H2,1-4H3,(H,26,30)(H,28,31)/t14-,18-,19-/m0/s1. The Kier molecular flexibility index (Phi) is 6.73. The van der Waals surface area contributed by atoms with Crippen LogP contribution in [0, 0.1) is 11.3 Å². The van der Waals surface area contributed by atoms with Crippen LogP contribution in [0.1, 0.15) is 43.6 Å². The van der Waals surface area contributed by atoms with Crippen molar-refractivity contribution in [2.24, 2.45) is 11.3 Å². The zero-order valence-electron chi connectivity index (χ0n) is 20.5. The molecule has 188 valence electrons. The van der Waals surface area contributed by atoms with Crippen LogP contribution in [-0.4, -0.2) is 73.0 Å². The Morgan fingerprint density at radius 1 is 1.26 bits per heavy atom. The number of hydrogen-bond acceptors (Lipinski definition) is 6. The monoisotopic (exact) mass is 484 g/mol. The number of nitrogens with zero attached hydrogens (tertiary/aromatic N) is 1. The molecule has 3 heterocycles. The zero-order chi connectivity index (χ0) is 25.3. The number of carbonyl (C=O) groups excluding carboxylic acids is 4. The Hall–Kier alpha value is -3.56. The predicted molar refractivity (Wildman–Crippen MR) is 128 cm³/mol. The predicted octanol–water partition coefficient (Wildman–Crippen LogP) is 1.60. The fourth-order valence-electron chi connectivity index (χ4n) is 5.11. The molecule has 10 nitrogen and oxygen atoms in total. The topological polar surface area (TPSA) is 130 Å². The molecule has 2 fully saturated rings. The summed E-state index contributed by atoms with van der Waals surface area (Å²) in [5.41, 5.74) is 0.672. The molecule has 1 aromatic heterocycles. The summed E-state index contributed by atoms with van der Waals surface area (Å²) in [6.45, 7) is 4.83. The normalized spacial score (nSPS) is 22.6. The lowest BCUT2D eigenvalue weighted by molar-refractivity contribution is -0.158. The first-order valence-electron chi connectivity index (χ1n) is 11.8. The molecule has 0 bridgehead atoms. The molecule has 0 saturated carbocycles. The van der Waals surface area contributed by atoms with Crippen molar-refractivity contribution in [1.82, 2.24) is 20.5 Å². The van der Waals surface area contributed by atoms with E-state index in [2.05, 4.69) is 15.6 Å². The smallest absolute Gasteiger partial charge is 0.328 e. The number of carbonyl (C=O) groups is 4. The molecular formula is C25H32N4O6. The van der Waals surface area contributed by atoms with Crippen LogP contribution in [0.4, 0.5) is 0 Å². The molecule has 2 saturated heterocycles. The zero-order valence-corrected chi connectivity index (χ0v) is 20.5. The first-order chi connectivity index (χ1) is 16.6. The van der Waals surface area contributed by atoms with Crippen molar-refractivity contribution in [2.45, 2.75) is 45.2 Å². The van der Waals surface area contributed by atoms with Gasteiger partial charge in [0.2, 0.25) is 11.8 Å². The number of nitrogens with one attached hydrogen (secondary N) is 3. The van der Waals surface area contributed by atoms with Crippen molar-refractivity contribution in [3.05, 3.63) is 30.0 Å². The second-order valence-corrected chi connectivity index (χ2v) is 10.0. The third-order valence-corrected chi connectivity index (χ3v) is 6.85. The van der Waals surface area contributed by atoms with Crippen LogP contribution in [0.3, 0.4) is 0 Å². The summed E-state index contributed by atoms with van der Waals surface area (Å²) in [5.74, 6) is -1.21. The minimum absolute atomic E-state index is 0.123. The molecule has 2 aliphatic heterocycles. The van der Waals surface area contributed by atoms with E-state index in [-0.39, 0.29) is 29.6 Å². The van der Waals surface area contributed by atoms with Gasteiger partial charge in [0.05, 0.1) is 14.2 Å². The lowest BCUT2D eigenvalue weighted by Crippen LogP contribution is -2.61. The number of methoxy groups -OCH3 is 2. The summed E-state index contributed by atoms with van der Waals surface area (Å²) in [5, 5.41) is 6.38. The van der Waals surface area contributed by atoms with E-state index in [0.29, 0.717) is 37.4 Å². The van der Waals surface area contributed by atoms with Crippen molar-refractivity contribution in [3.63, 3.8) is 0 Å². The van der Waals surface area contributed by atoms with E-state index in [0.717, 1.165) is 10.9 Å². The highest BCUT2D eigenvalue weighted by Crippen LogP contribution is 2.33. The quantitative estimate of drug-likeness (QED) is 0.512. The van der Waals surface area contributed by atoms with Crippen molar-refractivity contribution >= 4 is 34.6 Å². The van der Waals surface area contributed by atoms with Gasteiger partial charge < -0.3 is 30.0 Å². The minimum Gasteiger partial charge on any atom is -0.496 e. The fraction of sp³-hybridized carbons (Fsp3) is 0.520. The maximum absolute atomic E-state index is 13.5. The lowest BCUT2D eigenvalue weighted by Gasteiger charge is -2.44. The Balaban J connectivity index is 1.57. The maximum atomic E-state index is 13.5. The van der Waals surface area contributed by atoms with Gasteiger partial charge in [-0.3, -0.25) is 14.4 Å². The second kappa shape index (κ2) is 9.59. The van der Waals surface area contributed by atoms with Crippen molar-refractivity contribution in [3.8, 4) is 5.75 Å². The largest absolute Gasteiger partial charge is 0.496 e. The Bertz CT molecular complexity index is 1160. The summed E-state index contributed by atoms with van der Waals surface area (Å²) in [6, 6.07) is 5.42. The van der Waals surface area contributed by atoms with Crippen LogP contribution in [0.15, 0.2) is 24.3 Å². The summed E-state index contributed by atoms with van der Waals surface area (Å²) < 4.78 is 10.4. The van der Waals surface area contributed by atoms with E-state index in [1.165, 1.54) is 12.0 Å². The number of piperidine rings is 1. The molecule has 3 amide bonds. The molecule has 0 radical (unpaired) electrons. The van der Waals surface area contributed by atoms with Gasteiger partial charge in [-0.15, -0.1) is 0 Å². The van der Waals surface area contributed by atoms with E-state index in [4.69, 9.17) is 9.47 Å². The van der Waals surface area contributed by atoms with Gasteiger partial charge in [0.1, 0.15) is 23.5 Å². The number of likely N-dealkylation sites (tertiary alicyclic amines) is 1. The van der Waals surface area contributed by atoms with Crippen molar-refractivity contribution in [1.29, 1.82) is 0 Å². The summed E-state index contributed by atoms with van der Waals surface area (Å²) in [7, 11) is 2.83. The number of aromatic nitrogens is 1. The highest BCUT2D eigenvalue weighted by atomic mass is 16.5. The molecule has 0 aliphatic carbocycles. The van der Waals surface area contributed by atoms with Crippen LogP contribution in [0.2, 0.25) is 0 Å². The van der Waals surface area contributed by atoms with Crippen LogP contribution in [-0.2, 0) is 19.1 Å². The van der Waals surface area contributed by atoms with Gasteiger partial charge in [-0.2, -0.15) is 0 Å². The van der Waals surface area contributed by atoms with Gasteiger partial charge in [-0.05, 0) is 42.9 Å². The van der Waals surface area contributed by atoms with Gasteiger partial charge in [0, 0.05) is 29.9 Å². The number of fused-ring (bicyclic) bond motifs is 1.